The van der Waals surface area contributed by atoms with Gasteiger partial charge < -0.3 is 0 Å². The molecule has 0 aliphatic rings. The summed E-state index contributed by atoms with van der Waals surface area (Å²) in [7, 11) is 0. The molecule has 3 rings (SSSR count). The van der Waals surface area contributed by atoms with Gasteiger partial charge in [0.2, 0.25) is 0 Å². The van der Waals surface area contributed by atoms with Crippen LogP contribution < -0.4 is 0 Å². The van der Waals surface area contributed by atoms with E-state index in [1.165, 1.54) is 4.90 Å². The third kappa shape index (κ3) is 3.41. The van der Waals surface area contributed by atoms with Crippen molar-refractivity contribution < 1.29 is 4.79 Å². The SMILES string of the molecule is O=C(c1ccccc1)c1ccc(Sc2ccccc2)cc1. The minimum absolute atomic E-state index is 0.0619. The van der Waals surface area contributed by atoms with Crippen LogP contribution in [-0.4, -0.2) is 5.78 Å². The first kappa shape index (κ1) is 13.7. The average Bonchev–Trinajstić information content (AvgIpc) is 2.57. The molecule has 0 amide bonds. The average molecular weight is 290 g/mol. The lowest BCUT2D eigenvalue weighted by atomic mass is 10.0. The lowest BCUT2D eigenvalue weighted by molar-refractivity contribution is 0.103. The predicted molar refractivity (Wildman–Crippen MR) is 86.9 cm³/mol. The van der Waals surface area contributed by atoms with Crippen LogP contribution >= 0.6 is 11.8 Å². The van der Waals surface area contributed by atoms with Crippen molar-refractivity contribution in [2.45, 2.75) is 9.79 Å². The van der Waals surface area contributed by atoms with E-state index in [0.29, 0.717) is 0 Å². The number of carbonyl (C=O) groups is 1. The minimum Gasteiger partial charge on any atom is -0.289 e. The van der Waals surface area contributed by atoms with E-state index >= 15 is 0 Å². The van der Waals surface area contributed by atoms with Gasteiger partial charge in [-0.3, -0.25) is 4.79 Å². The molecule has 0 spiro atoms. The molecule has 0 aliphatic heterocycles. The minimum atomic E-state index is 0.0619. The summed E-state index contributed by atoms with van der Waals surface area (Å²) >= 11 is 1.69. The van der Waals surface area contributed by atoms with Gasteiger partial charge in [0.15, 0.2) is 5.78 Å². The quantitative estimate of drug-likeness (QED) is 0.624. The van der Waals surface area contributed by atoms with Crippen LogP contribution in [0.25, 0.3) is 0 Å². The third-order valence-electron chi connectivity index (χ3n) is 3.13. The molecule has 0 N–H and O–H groups in total. The van der Waals surface area contributed by atoms with Crippen LogP contribution in [0.5, 0.6) is 0 Å². The van der Waals surface area contributed by atoms with Gasteiger partial charge in [0.1, 0.15) is 0 Å². The van der Waals surface area contributed by atoms with Crippen LogP contribution in [0.3, 0.4) is 0 Å². The van der Waals surface area contributed by atoms with Crippen molar-refractivity contribution in [2.24, 2.45) is 0 Å². The molecule has 21 heavy (non-hydrogen) atoms. The summed E-state index contributed by atoms with van der Waals surface area (Å²) in [5, 5.41) is 0. The summed E-state index contributed by atoms with van der Waals surface area (Å²) in [6, 6.07) is 27.3. The lowest BCUT2D eigenvalue weighted by Crippen LogP contribution is -2.00. The Kier molecular flexibility index (Phi) is 4.17. The Morgan fingerprint density at radius 2 is 1.05 bits per heavy atom. The highest BCUT2D eigenvalue weighted by Gasteiger charge is 2.08. The summed E-state index contributed by atoms with van der Waals surface area (Å²) < 4.78 is 0. The van der Waals surface area contributed by atoms with Gasteiger partial charge in [-0.15, -0.1) is 0 Å². The summed E-state index contributed by atoms with van der Waals surface area (Å²) in [5.41, 5.74) is 1.44. The van der Waals surface area contributed by atoms with E-state index in [9.17, 15) is 4.79 Å². The number of ketones is 1. The van der Waals surface area contributed by atoms with Crippen LogP contribution in [0.4, 0.5) is 0 Å². The van der Waals surface area contributed by atoms with Gasteiger partial charge in [-0.05, 0) is 36.4 Å². The van der Waals surface area contributed by atoms with Crippen molar-refractivity contribution in [3.05, 3.63) is 96.1 Å². The highest BCUT2D eigenvalue weighted by Crippen LogP contribution is 2.27. The van der Waals surface area contributed by atoms with E-state index in [4.69, 9.17) is 0 Å². The Morgan fingerprint density at radius 3 is 1.67 bits per heavy atom. The maximum absolute atomic E-state index is 12.3. The second-order valence-corrected chi connectivity index (χ2v) is 5.78. The molecule has 0 heterocycles. The normalized spacial score (nSPS) is 10.3. The summed E-state index contributed by atoms with van der Waals surface area (Å²) in [6.07, 6.45) is 0. The maximum Gasteiger partial charge on any atom is 0.193 e. The van der Waals surface area contributed by atoms with Crippen molar-refractivity contribution in [1.29, 1.82) is 0 Å². The lowest BCUT2D eigenvalue weighted by Gasteiger charge is -2.04. The molecule has 3 aromatic carbocycles. The highest BCUT2D eigenvalue weighted by atomic mass is 32.2. The monoisotopic (exact) mass is 290 g/mol. The van der Waals surface area contributed by atoms with Gasteiger partial charge in [0.05, 0.1) is 0 Å². The van der Waals surface area contributed by atoms with Crippen LogP contribution in [0.1, 0.15) is 15.9 Å². The molecule has 1 nitrogen and oxygen atoms in total. The summed E-state index contributed by atoms with van der Waals surface area (Å²) in [6.45, 7) is 0. The zero-order valence-electron chi connectivity index (χ0n) is 11.4. The van der Waals surface area contributed by atoms with E-state index in [1.54, 1.807) is 11.8 Å². The topological polar surface area (TPSA) is 17.1 Å². The summed E-state index contributed by atoms with van der Waals surface area (Å²) in [4.78, 5) is 14.6. The fourth-order valence-corrected chi connectivity index (χ4v) is 2.89. The molecule has 0 radical (unpaired) electrons. The molecule has 0 fully saturated rings. The van der Waals surface area contributed by atoms with Gasteiger partial charge in [-0.25, -0.2) is 0 Å². The maximum atomic E-state index is 12.3. The molecule has 0 saturated carbocycles. The molecular formula is C19H14OS. The number of rotatable bonds is 4. The first-order chi connectivity index (χ1) is 10.3. The van der Waals surface area contributed by atoms with Crippen molar-refractivity contribution in [1.82, 2.24) is 0 Å². The van der Waals surface area contributed by atoms with Crippen LogP contribution in [0.15, 0.2) is 94.7 Å². The van der Waals surface area contributed by atoms with E-state index in [1.807, 2.05) is 72.8 Å². The zero-order chi connectivity index (χ0) is 14.5. The van der Waals surface area contributed by atoms with Crippen molar-refractivity contribution in [3.8, 4) is 0 Å². The molecule has 102 valence electrons. The molecule has 0 aliphatic carbocycles. The fraction of sp³-hybridized carbons (Fsp3) is 0. The van der Waals surface area contributed by atoms with Gasteiger partial charge in [-0.2, -0.15) is 0 Å². The standard InChI is InChI=1S/C19H14OS/c20-19(15-7-3-1-4-8-15)16-11-13-18(14-12-16)21-17-9-5-2-6-10-17/h1-14H. The van der Waals surface area contributed by atoms with Gasteiger partial charge in [0, 0.05) is 20.9 Å². The third-order valence-corrected chi connectivity index (χ3v) is 4.15. The Labute approximate surface area is 128 Å². The van der Waals surface area contributed by atoms with E-state index < -0.39 is 0 Å². The second kappa shape index (κ2) is 6.42. The molecule has 2 heteroatoms. The molecule has 0 aromatic heterocycles. The molecule has 0 bridgehead atoms. The summed E-state index contributed by atoms with van der Waals surface area (Å²) in [5.74, 6) is 0.0619. The Hall–Kier alpha value is -2.32. The first-order valence-corrected chi connectivity index (χ1v) is 7.57. The van der Waals surface area contributed by atoms with Crippen molar-refractivity contribution in [3.63, 3.8) is 0 Å². The van der Waals surface area contributed by atoms with Gasteiger partial charge in [-0.1, -0.05) is 60.3 Å². The number of hydrogen-bond donors (Lipinski definition) is 0. The number of hydrogen-bond acceptors (Lipinski definition) is 2. The van der Waals surface area contributed by atoms with E-state index in [0.717, 1.165) is 16.0 Å². The largest absolute Gasteiger partial charge is 0.289 e. The number of carbonyl (C=O) groups excluding carboxylic acids is 1. The molecule has 3 aromatic rings. The Morgan fingerprint density at radius 1 is 0.571 bits per heavy atom. The smallest absolute Gasteiger partial charge is 0.193 e. The van der Waals surface area contributed by atoms with Gasteiger partial charge in [0.25, 0.3) is 0 Å². The second-order valence-electron chi connectivity index (χ2n) is 4.63. The van der Waals surface area contributed by atoms with E-state index in [-0.39, 0.29) is 5.78 Å². The van der Waals surface area contributed by atoms with Gasteiger partial charge >= 0.3 is 0 Å². The van der Waals surface area contributed by atoms with Crippen LogP contribution in [0.2, 0.25) is 0 Å². The molecule has 0 saturated heterocycles. The highest BCUT2D eigenvalue weighted by molar-refractivity contribution is 7.99. The molecular weight excluding hydrogens is 276 g/mol. The predicted octanol–water partition coefficient (Wildman–Crippen LogP) is 5.07. The molecule has 0 unspecified atom stereocenters. The van der Waals surface area contributed by atoms with Crippen LogP contribution in [0, 0.1) is 0 Å². The van der Waals surface area contributed by atoms with Crippen molar-refractivity contribution >= 4 is 17.5 Å². The zero-order valence-corrected chi connectivity index (χ0v) is 12.2. The van der Waals surface area contributed by atoms with Crippen LogP contribution in [-0.2, 0) is 0 Å². The number of benzene rings is 3. The Bertz CT molecular complexity index is 719. The van der Waals surface area contributed by atoms with Crippen molar-refractivity contribution in [2.75, 3.05) is 0 Å². The fourth-order valence-electron chi connectivity index (χ4n) is 2.06. The molecule has 0 atom stereocenters. The van der Waals surface area contributed by atoms with E-state index in [2.05, 4.69) is 12.1 Å². The Balaban J connectivity index is 1.77. The first-order valence-electron chi connectivity index (χ1n) is 6.76.